The van der Waals surface area contributed by atoms with E-state index >= 15 is 0 Å². The minimum Gasteiger partial charge on any atom is -0.342 e. The number of hydrogen-bond acceptors (Lipinski definition) is 3. The van der Waals surface area contributed by atoms with E-state index < -0.39 is 0 Å². The van der Waals surface area contributed by atoms with E-state index in [2.05, 4.69) is 15.4 Å². The van der Waals surface area contributed by atoms with Crippen LogP contribution in [0.5, 0.6) is 0 Å². The predicted octanol–water partition coefficient (Wildman–Crippen LogP) is 3.02. The first-order chi connectivity index (χ1) is 11.3. The van der Waals surface area contributed by atoms with Gasteiger partial charge in [-0.25, -0.2) is 4.98 Å². The van der Waals surface area contributed by atoms with Gasteiger partial charge in [-0.2, -0.15) is 5.10 Å². The normalized spacial score (nSPS) is 13.2. The van der Waals surface area contributed by atoms with E-state index in [9.17, 15) is 4.79 Å². The number of aryl methyl sites for hydroxylation is 1. The molecule has 0 aliphatic rings. The van der Waals surface area contributed by atoms with Crippen LogP contribution >= 0.6 is 0 Å². The molecule has 6 heteroatoms. The van der Waals surface area contributed by atoms with Crippen molar-refractivity contribution >= 4 is 16.9 Å². The number of benzene rings is 1. The first-order valence-corrected chi connectivity index (χ1v) is 8.05. The molecule has 2 heterocycles. The molecule has 0 aliphatic carbocycles. The van der Waals surface area contributed by atoms with Gasteiger partial charge in [-0.3, -0.25) is 9.48 Å². The fourth-order valence-corrected chi connectivity index (χ4v) is 2.70. The Morgan fingerprint density at radius 3 is 2.58 bits per heavy atom. The highest BCUT2D eigenvalue weighted by Gasteiger charge is 2.20. The van der Waals surface area contributed by atoms with Gasteiger partial charge >= 0.3 is 0 Å². The van der Waals surface area contributed by atoms with Crippen LogP contribution in [0.4, 0.5) is 0 Å². The molecule has 24 heavy (non-hydrogen) atoms. The number of imidazole rings is 1. The summed E-state index contributed by atoms with van der Waals surface area (Å²) >= 11 is 0. The monoisotopic (exact) mass is 325 g/mol. The molecule has 3 rings (SSSR count). The predicted molar refractivity (Wildman–Crippen MR) is 93.8 cm³/mol. The Balaban J connectivity index is 1.80. The SMILES string of the molecule is CC(NC(=O)c1cnn(C(C)(C)C)c1)c1nc2ccccc2n1C. The van der Waals surface area contributed by atoms with Gasteiger partial charge in [-0.05, 0) is 39.8 Å². The molecule has 0 spiro atoms. The first-order valence-electron chi connectivity index (χ1n) is 8.05. The number of carbonyl (C=O) groups is 1. The largest absolute Gasteiger partial charge is 0.342 e. The Hall–Kier alpha value is -2.63. The Morgan fingerprint density at radius 1 is 1.25 bits per heavy atom. The van der Waals surface area contributed by atoms with E-state index in [4.69, 9.17) is 0 Å². The summed E-state index contributed by atoms with van der Waals surface area (Å²) in [4.78, 5) is 17.1. The van der Waals surface area contributed by atoms with Crippen molar-refractivity contribution in [3.63, 3.8) is 0 Å². The smallest absolute Gasteiger partial charge is 0.255 e. The third kappa shape index (κ3) is 2.91. The van der Waals surface area contributed by atoms with Crippen LogP contribution in [0.15, 0.2) is 36.7 Å². The second-order valence-corrected chi connectivity index (χ2v) is 7.06. The summed E-state index contributed by atoms with van der Waals surface area (Å²) in [5.41, 5.74) is 2.38. The third-order valence-corrected chi connectivity index (χ3v) is 4.09. The molecule has 0 bridgehead atoms. The minimum absolute atomic E-state index is 0.148. The maximum Gasteiger partial charge on any atom is 0.255 e. The average molecular weight is 325 g/mol. The van der Waals surface area contributed by atoms with Crippen molar-refractivity contribution in [1.82, 2.24) is 24.6 Å². The van der Waals surface area contributed by atoms with E-state index in [1.165, 1.54) is 0 Å². The van der Waals surface area contributed by atoms with Gasteiger partial charge in [0.15, 0.2) is 0 Å². The number of fused-ring (bicyclic) bond motifs is 1. The van der Waals surface area contributed by atoms with Crippen molar-refractivity contribution in [3.05, 3.63) is 48.0 Å². The minimum atomic E-state index is -0.201. The van der Waals surface area contributed by atoms with Crippen molar-refractivity contribution in [3.8, 4) is 0 Å². The van der Waals surface area contributed by atoms with Crippen LogP contribution in [0.3, 0.4) is 0 Å². The number of aromatic nitrogens is 4. The molecule has 1 N–H and O–H groups in total. The zero-order valence-corrected chi connectivity index (χ0v) is 14.7. The van der Waals surface area contributed by atoms with Crippen LogP contribution < -0.4 is 5.32 Å². The Bertz CT molecular complexity index is 884. The molecule has 6 nitrogen and oxygen atoms in total. The van der Waals surface area contributed by atoms with E-state index in [1.807, 2.05) is 63.6 Å². The van der Waals surface area contributed by atoms with Crippen molar-refractivity contribution in [2.24, 2.45) is 7.05 Å². The van der Waals surface area contributed by atoms with Gasteiger partial charge in [-0.1, -0.05) is 12.1 Å². The summed E-state index contributed by atoms with van der Waals surface area (Å²) in [5, 5.41) is 7.28. The molecule has 0 saturated carbocycles. The number of hydrogen-bond donors (Lipinski definition) is 1. The summed E-state index contributed by atoms with van der Waals surface area (Å²) in [5.74, 6) is 0.679. The van der Waals surface area contributed by atoms with Gasteiger partial charge in [0.1, 0.15) is 5.82 Å². The van der Waals surface area contributed by atoms with Gasteiger partial charge < -0.3 is 9.88 Å². The topological polar surface area (TPSA) is 64.7 Å². The highest BCUT2D eigenvalue weighted by atomic mass is 16.1. The lowest BCUT2D eigenvalue weighted by Gasteiger charge is -2.18. The number of nitrogens with zero attached hydrogens (tertiary/aromatic N) is 4. The van der Waals surface area contributed by atoms with E-state index in [-0.39, 0.29) is 17.5 Å². The number of amides is 1. The lowest BCUT2D eigenvalue weighted by molar-refractivity contribution is 0.0937. The molecular weight excluding hydrogens is 302 g/mol. The summed E-state index contributed by atoms with van der Waals surface area (Å²) in [7, 11) is 1.96. The molecule has 0 radical (unpaired) electrons. The highest BCUT2D eigenvalue weighted by Crippen LogP contribution is 2.20. The zero-order chi connectivity index (χ0) is 17.5. The van der Waals surface area contributed by atoms with Crippen LogP contribution in [0.2, 0.25) is 0 Å². The second-order valence-electron chi connectivity index (χ2n) is 7.06. The lowest BCUT2D eigenvalue weighted by atomic mass is 10.1. The molecule has 0 aliphatic heterocycles. The second kappa shape index (κ2) is 5.78. The zero-order valence-electron chi connectivity index (χ0n) is 14.7. The fraction of sp³-hybridized carbons (Fsp3) is 0.389. The van der Waals surface area contributed by atoms with Crippen LogP contribution in [0, 0.1) is 0 Å². The Kier molecular flexibility index (Phi) is 3.91. The van der Waals surface area contributed by atoms with E-state index in [0.717, 1.165) is 16.9 Å². The van der Waals surface area contributed by atoms with Crippen molar-refractivity contribution in [1.29, 1.82) is 0 Å². The summed E-state index contributed by atoms with van der Waals surface area (Å²) in [6.45, 7) is 8.07. The fourth-order valence-electron chi connectivity index (χ4n) is 2.70. The van der Waals surface area contributed by atoms with Gasteiger partial charge in [0.05, 0.1) is 34.4 Å². The summed E-state index contributed by atoms with van der Waals surface area (Å²) in [6, 6.07) is 7.74. The Morgan fingerprint density at radius 2 is 1.96 bits per heavy atom. The maximum absolute atomic E-state index is 12.5. The van der Waals surface area contributed by atoms with E-state index in [0.29, 0.717) is 5.56 Å². The number of para-hydroxylation sites is 2. The van der Waals surface area contributed by atoms with Gasteiger partial charge in [0.25, 0.3) is 5.91 Å². The van der Waals surface area contributed by atoms with Gasteiger partial charge in [-0.15, -0.1) is 0 Å². The van der Waals surface area contributed by atoms with Crippen molar-refractivity contribution < 1.29 is 4.79 Å². The molecule has 2 aromatic heterocycles. The third-order valence-electron chi connectivity index (χ3n) is 4.09. The standard InChI is InChI=1S/C18H23N5O/c1-12(16-21-14-8-6-7-9-15(14)22(16)5)20-17(24)13-10-19-23(11-13)18(2,3)4/h6-12H,1-5H3,(H,20,24). The number of rotatable bonds is 3. The number of carbonyl (C=O) groups excluding carboxylic acids is 1. The number of nitrogens with one attached hydrogen (secondary N) is 1. The molecule has 1 aromatic carbocycles. The van der Waals surface area contributed by atoms with Crippen LogP contribution in [-0.2, 0) is 12.6 Å². The molecule has 1 atom stereocenters. The Labute approximate surface area is 141 Å². The molecule has 1 amide bonds. The molecule has 126 valence electrons. The van der Waals surface area contributed by atoms with Gasteiger partial charge in [0.2, 0.25) is 0 Å². The van der Waals surface area contributed by atoms with Crippen LogP contribution in [-0.4, -0.2) is 25.2 Å². The van der Waals surface area contributed by atoms with Crippen molar-refractivity contribution in [2.75, 3.05) is 0 Å². The first kappa shape index (κ1) is 16.2. The van der Waals surface area contributed by atoms with Crippen LogP contribution in [0.1, 0.15) is 49.9 Å². The molecule has 0 saturated heterocycles. The average Bonchev–Trinajstić information content (AvgIpc) is 3.13. The summed E-state index contributed by atoms with van der Waals surface area (Å²) in [6.07, 6.45) is 3.37. The molecular formula is C18H23N5O. The maximum atomic E-state index is 12.5. The van der Waals surface area contributed by atoms with Crippen LogP contribution in [0.25, 0.3) is 11.0 Å². The molecule has 1 unspecified atom stereocenters. The highest BCUT2D eigenvalue weighted by molar-refractivity contribution is 5.94. The van der Waals surface area contributed by atoms with Crippen molar-refractivity contribution in [2.45, 2.75) is 39.3 Å². The molecule has 0 fully saturated rings. The molecule has 3 aromatic rings. The quantitative estimate of drug-likeness (QED) is 0.805. The summed E-state index contributed by atoms with van der Waals surface area (Å²) < 4.78 is 3.81. The van der Waals surface area contributed by atoms with E-state index in [1.54, 1.807) is 17.1 Å². The van der Waals surface area contributed by atoms with Gasteiger partial charge in [0, 0.05) is 13.2 Å². The lowest BCUT2D eigenvalue weighted by Crippen LogP contribution is -2.28.